The van der Waals surface area contributed by atoms with Crippen LogP contribution >= 0.6 is 0 Å². The maximum atomic E-state index is 9.45. The van der Waals surface area contributed by atoms with Gasteiger partial charge in [-0.05, 0) is 51.0 Å². The molecule has 1 aromatic heterocycles. The lowest BCUT2D eigenvalue weighted by molar-refractivity contribution is -0.693. The molecule has 0 amide bonds. The molecule has 0 saturated carbocycles. The average molecular weight is 910 g/mol. The van der Waals surface area contributed by atoms with E-state index < -0.39 is 10.4 Å². The van der Waals surface area contributed by atoms with Crippen molar-refractivity contribution in [1.29, 1.82) is 0 Å². The molecule has 64 heavy (non-hydrogen) atoms. The zero-order chi connectivity index (χ0) is 46.4. The van der Waals surface area contributed by atoms with Gasteiger partial charge in [0.15, 0.2) is 12.4 Å². The van der Waals surface area contributed by atoms with Gasteiger partial charge >= 0.3 is 0 Å². The van der Waals surface area contributed by atoms with Crippen LogP contribution in [0.5, 0.6) is 0 Å². The largest absolute Gasteiger partial charge is 0.726 e. The Balaban J connectivity index is 0.00000269. The second-order valence-corrected chi connectivity index (χ2v) is 19.6. The lowest BCUT2D eigenvalue weighted by Gasteiger charge is -2.25. The Morgan fingerprint density at radius 2 is 0.719 bits per heavy atom. The van der Waals surface area contributed by atoms with Crippen LogP contribution in [0.25, 0.3) is 0 Å². The zero-order valence-electron chi connectivity index (χ0n) is 42.3. The van der Waals surface area contributed by atoms with Crippen molar-refractivity contribution in [2.24, 2.45) is 0 Å². The molecule has 1 aromatic carbocycles. The van der Waals surface area contributed by atoms with E-state index in [1.807, 2.05) is 0 Å². The molecule has 0 bridgehead atoms. The summed E-state index contributed by atoms with van der Waals surface area (Å²) < 4.78 is 34.2. The van der Waals surface area contributed by atoms with Crippen LogP contribution in [0.15, 0.2) is 48.8 Å². The van der Waals surface area contributed by atoms with Gasteiger partial charge in [0.1, 0.15) is 6.54 Å². The average Bonchev–Trinajstić information content (AvgIpc) is 3.29. The van der Waals surface area contributed by atoms with E-state index in [1.54, 1.807) is 0 Å². The molecule has 0 fully saturated rings. The highest BCUT2D eigenvalue weighted by Crippen LogP contribution is 2.20. The predicted molar refractivity (Wildman–Crippen MR) is 276 cm³/mol. The molecule has 368 valence electrons. The Morgan fingerprint density at radius 3 is 0.969 bits per heavy atom. The van der Waals surface area contributed by atoms with Crippen molar-refractivity contribution in [3.8, 4) is 11.8 Å². The van der Waals surface area contributed by atoms with Gasteiger partial charge in [-0.1, -0.05) is 244 Å². The van der Waals surface area contributed by atoms with Crippen molar-refractivity contribution < 1.29 is 21.7 Å². The van der Waals surface area contributed by atoms with Crippen LogP contribution in [0.3, 0.4) is 0 Å². The first-order valence-electron chi connectivity index (χ1n) is 27.3. The highest BCUT2D eigenvalue weighted by Gasteiger charge is 2.07. The highest BCUT2D eigenvalue weighted by molar-refractivity contribution is 7.80. The Labute approximate surface area is 397 Å². The smallest absolute Gasteiger partial charge is 0.217 e. The van der Waals surface area contributed by atoms with E-state index in [-0.39, 0.29) is 6.61 Å². The zero-order valence-corrected chi connectivity index (χ0v) is 43.2. The standard InChI is InChI=1S/C55H95N2.C2H6O4S/c1-4-7-9-11-13-15-17-19-21-23-25-27-29-31-33-35-37-39-49-57(55-45-43-53(44-46-55)41-42-54-47-51-56(6-3)52-48-54)50-40-38-36-34-32-30-28-26-24-22-20-18-16-14-12-10-8-5-2;1-2-6-7(3,4)5/h43-48,51-52H,4-40,49-50H2,1-3H3;2H2,1H3,(H,3,4,5)/q+1;/p-1. The molecule has 0 spiro atoms. The number of unbranched alkanes of at least 4 members (excludes halogenated alkanes) is 34. The number of aromatic nitrogens is 1. The van der Waals surface area contributed by atoms with Crippen molar-refractivity contribution in [2.45, 2.75) is 265 Å². The molecule has 0 aliphatic carbocycles. The van der Waals surface area contributed by atoms with Crippen molar-refractivity contribution in [1.82, 2.24) is 0 Å². The van der Waals surface area contributed by atoms with Crippen LogP contribution in [-0.2, 0) is 21.1 Å². The molecule has 0 atom stereocenters. The molecule has 1 heterocycles. The molecule has 6 nitrogen and oxygen atoms in total. The third-order valence-electron chi connectivity index (χ3n) is 12.7. The van der Waals surface area contributed by atoms with E-state index in [0.717, 1.165) is 17.7 Å². The van der Waals surface area contributed by atoms with Crippen molar-refractivity contribution >= 4 is 16.1 Å². The van der Waals surface area contributed by atoms with E-state index in [1.165, 1.54) is 257 Å². The number of aryl methyl sites for hydroxylation is 1. The van der Waals surface area contributed by atoms with Crippen LogP contribution in [0.1, 0.15) is 270 Å². The Kier molecular flexibility index (Phi) is 41.4. The summed E-state index contributed by atoms with van der Waals surface area (Å²) in [5, 5.41) is 0. The number of benzene rings is 1. The first-order valence-corrected chi connectivity index (χ1v) is 28.6. The van der Waals surface area contributed by atoms with Gasteiger partial charge < -0.3 is 9.45 Å². The number of hydrogen-bond donors (Lipinski definition) is 0. The lowest BCUT2D eigenvalue weighted by Crippen LogP contribution is -2.30. The van der Waals surface area contributed by atoms with Crippen LogP contribution in [0, 0.1) is 11.8 Å². The topological polar surface area (TPSA) is 73.5 Å². The van der Waals surface area contributed by atoms with Gasteiger partial charge in [-0.25, -0.2) is 13.0 Å². The van der Waals surface area contributed by atoms with Gasteiger partial charge in [-0.2, -0.15) is 0 Å². The van der Waals surface area contributed by atoms with Crippen molar-refractivity contribution in [3.63, 3.8) is 0 Å². The monoisotopic (exact) mass is 909 g/mol. The fraction of sp³-hybridized carbons (Fsp3) is 0.772. The van der Waals surface area contributed by atoms with Gasteiger partial charge in [0, 0.05) is 42.0 Å². The number of hydrogen-bond acceptors (Lipinski definition) is 5. The summed E-state index contributed by atoms with van der Waals surface area (Å²) in [4.78, 5) is 2.68. The minimum absolute atomic E-state index is 0.0914. The maximum Gasteiger partial charge on any atom is 0.217 e. The van der Waals surface area contributed by atoms with E-state index in [2.05, 4.69) is 95.1 Å². The third-order valence-corrected chi connectivity index (χ3v) is 13.2. The molecule has 2 aromatic rings. The summed E-state index contributed by atoms with van der Waals surface area (Å²) >= 11 is 0. The molecule has 0 radical (unpaired) electrons. The second kappa shape index (κ2) is 44.4. The number of anilines is 1. The summed E-state index contributed by atoms with van der Waals surface area (Å²) in [5.74, 6) is 6.76. The molecule has 0 unspecified atom stereocenters. The van der Waals surface area contributed by atoms with Crippen LogP contribution in [0.4, 0.5) is 5.69 Å². The second-order valence-electron chi connectivity index (χ2n) is 18.5. The van der Waals surface area contributed by atoms with E-state index in [9.17, 15) is 13.0 Å². The number of pyridine rings is 1. The molecule has 0 aliphatic rings. The van der Waals surface area contributed by atoms with Gasteiger partial charge in [0.25, 0.3) is 0 Å². The fourth-order valence-corrected chi connectivity index (χ4v) is 8.86. The van der Waals surface area contributed by atoms with E-state index in [0.29, 0.717) is 0 Å². The predicted octanol–water partition coefficient (Wildman–Crippen LogP) is 16.8. The normalized spacial score (nSPS) is 11.3. The molecule has 0 saturated heterocycles. The lowest BCUT2D eigenvalue weighted by atomic mass is 10.0. The molecule has 7 heteroatoms. The Hall–Kier alpha value is -2.40. The van der Waals surface area contributed by atoms with Crippen molar-refractivity contribution in [2.75, 3.05) is 24.6 Å². The first-order chi connectivity index (χ1) is 31.3. The summed E-state index contributed by atoms with van der Waals surface area (Å²) in [6.45, 7) is 11.5. The fourth-order valence-electron chi connectivity index (χ4n) is 8.57. The van der Waals surface area contributed by atoms with Crippen molar-refractivity contribution in [3.05, 3.63) is 59.9 Å². The number of nitrogens with zero attached hydrogens (tertiary/aromatic N) is 2. The molecular formula is C57H100N2O4S. The minimum Gasteiger partial charge on any atom is -0.726 e. The van der Waals surface area contributed by atoms with E-state index in [4.69, 9.17) is 0 Å². The van der Waals surface area contributed by atoms with E-state index >= 15 is 0 Å². The van der Waals surface area contributed by atoms with Gasteiger partial charge in [-0.15, -0.1) is 0 Å². The summed E-state index contributed by atoms with van der Waals surface area (Å²) in [6, 6.07) is 13.3. The summed E-state index contributed by atoms with van der Waals surface area (Å²) in [5.41, 5.74) is 3.56. The molecule has 2 rings (SSSR count). The number of rotatable bonds is 42. The van der Waals surface area contributed by atoms with Gasteiger partial charge in [0.2, 0.25) is 10.4 Å². The maximum absolute atomic E-state index is 9.45. The summed E-state index contributed by atoms with van der Waals surface area (Å²) in [7, 11) is -4.42. The van der Waals surface area contributed by atoms with Gasteiger partial charge in [-0.3, -0.25) is 4.18 Å². The van der Waals surface area contributed by atoms with Crippen LogP contribution in [0.2, 0.25) is 0 Å². The minimum atomic E-state index is -4.42. The Bertz CT molecular complexity index is 1410. The molecular weight excluding hydrogens is 809 g/mol. The molecule has 0 aliphatic heterocycles. The van der Waals surface area contributed by atoms with Crippen LogP contribution in [-0.4, -0.2) is 32.7 Å². The quantitative estimate of drug-likeness (QED) is 0.0218. The van der Waals surface area contributed by atoms with Gasteiger partial charge in [0.05, 0.1) is 6.61 Å². The SMILES string of the molecule is CCCCCCCCCCCCCCCCCCCCN(CCCCCCCCCCCCCCCCCCCC)c1ccc(C#Cc2cc[n+](CC)cc2)cc1.CCOS(=O)(=O)[O-]. The Morgan fingerprint density at radius 1 is 0.438 bits per heavy atom. The first kappa shape index (κ1) is 59.6. The third kappa shape index (κ3) is 38.8. The molecule has 0 N–H and O–H groups in total. The highest BCUT2D eigenvalue weighted by atomic mass is 32.3. The summed E-state index contributed by atoms with van der Waals surface area (Å²) in [6.07, 6.45) is 55.8. The van der Waals surface area contributed by atoms with Crippen LogP contribution < -0.4 is 9.47 Å².